The minimum Gasteiger partial charge on any atom is -0.306 e. The first-order valence-corrected chi connectivity index (χ1v) is 10.5. The van der Waals surface area contributed by atoms with E-state index in [1.807, 2.05) is 24.3 Å². The van der Waals surface area contributed by atoms with Crippen molar-refractivity contribution in [3.63, 3.8) is 0 Å². The van der Waals surface area contributed by atoms with Gasteiger partial charge in [0.05, 0.1) is 5.69 Å². The lowest BCUT2D eigenvalue weighted by atomic mass is 10.0. The lowest BCUT2D eigenvalue weighted by molar-refractivity contribution is 0.239. The summed E-state index contributed by atoms with van der Waals surface area (Å²) in [5.41, 5.74) is 3.83. The fourth-order valence-corrected chi connectivity index (χ4v) is 4.18. The van der Waals surface area contributed by atoms with Crippen LogP contribution in [0.15, 0.2) is 58.2 Å². The molecule has 0 radical (unpaired) electrons. The van der Waals surface area contributed by atoms with Crippen LogP contribution in [0.3, 0.4) is 0 Å². The van der Waals surface area contributed by atoms with Gasteiger partial charge in [-0.1, -0.05) is 29.8 Å². The number of aromatic amines is 1. The Labute approximate surface area is 167 Å². The zero-order valence-corrected chi connectivity index (χ0v) is 16.6. The van der Waals surface area contributed by atoms with Crippen molar-refractivity contribution in [1.82, 2.24) is 14.9 Å². The highest BCUT2D eigenvalue weighted by Gasteiger charge is 2.22. The van der Waals surface area contributed by atoms with Gasteiger partial charge >= 0.3 is 0 Å². The Hall–Kier alpha value is -2.08. The number of aromatic nitrogens is 2. The Kier molecular flexibility index (Phi) is 5.34. The van der Waals surface area contributed by atoms with Crippen molar-refractivity contribution in [3.05, 3.63) is 80.7 Å². The fourth-order valence-electron chi connectivity index (χ4n) is 3.45. The molecule has 0 amide bonds. The Balaban J connectivity index is 1.61. The molecule has 1 aromatic heterocycles. The number of benzene rings is 2. The zero-order chi connectivity index (χ0) is 18.8. The molecular formula is C21H20ClN3OS. The molecule has 0 bridgehead atoms. The van der Waals surface area contributed by atoms with E-state index in [1.165, 1.54) is 10.5 Å². The fraction of sp³-hybridized carbons (Fsp3) is 0.238. The van der Waals surface area contributed by atoms with Gasteiger partial charge in [0.15, 0.2) is 0 Å². The van der Waals surface area contributed by atoms with Crippen LogP contribution in [0.2, 0.25) is 5.02 Å². The van der Waals surface area contributed by atoms with Crippen molar-refractivity contribution in [1.29, 1.82) is 0 Å². The van der Waals surface area contributed by atoms with Gasteiger partial charge in [-0.2, -0.15) is 0 Å². The van der Waals surface area contributed by atoms with E-state index >= 15 is 0 Å². The number of rotatable bonds is 4. The molecule has 3 aromatic rings. The van der Waals surface area contributed by atoms with Crippen LogP contribution in [-0.4, -0.2) is 27.7 Å². The Bertz CT molecular complexity index is 1020. The molecule has 138 valence electrons. The molecule has 0 fully saturated rings. The average molecular weight is 398 g/mol. The maximum absolute atomic E-state index is 12.5. The lowest BCUT2D eigenvalue weighted by Gasteiger charge is -2.28. The van der Waals surface area contributed by atoms with E-state index in [0.717, 1.165) is 36.3 Å². The molecule has 4 rings (SSSR count). The maximum atomic E-state index is 12.5. The van der Waals surface area contributed by atoms with Crippen LogP contribution in [0, 0.1) is 0 Å². The summed E-state index contributed by atoms with van der Waals surface area (Å²) < 4.78 is 0. The van der Waals surface area contributed by atoms with Crippen LogP contribution in [0.4, 0.5) is 0 Å². The standard InChI is InChI=1S/C21H20ClN3OS/c1-27-19-5-3-2-4-15(19)12-25-11-10-17-18(13-25)23-20(24-21(17)26)14-6-8-16(22)9-7-14/h2-9H,10-13H2,1H3,(H,23,24,26). The number of fused-ring (bicyclic) bond motifs is 1. The quantitative estimate of drug-likeness (QED) is 0.664. The normalized spacial score (nSPS) is 14.1. The molecule has 0 unspecified atom stereocenters. The largest absolute Gasteiger partial charge is 0.306 e. The molecule has 2 heterocycles. The van der Waals surface area contributed by atoms with Crippen LogP contribution in [0.5, 0.6) is 0 Å². The van der Waals surface area contributed by atoms with Crippen molar-refractivity contribution in [2.24, 2.45) is 0 Å². The SMILES string of the molecule is CSc1ccccc1CN1CCc2c(nc(-c3ccc(Cl)cc3)[nH]c2=O)C1. The molecule has 1 aliphatic rings. The van der Waals surface area contributed by atoms with Crippen molar-refractivity contribution >= 4 is 23.4 Å². The Morgan fingerprint density at radius 1 is 1.19 bits per heavy atom. The van der Waals surface area contributed by atoms with Gasteiger partial charge < -0.3 is 4.98 Å². The van der Waals surface area contributed by atoms with Gasteiger partial charge in [-0.25, -0.2) is 4.98 Å². The van der Waals surface area contributed by atoms with Gasteiger partial charge in [0, 0.05) is 40.7 Å². The maximum Gasteiger partial charge on any atom is 0.254 e. The number of halogens is 1. The zero-order valence-electron chi connectivity index (χ0n) is 15.0. The lowest BCUT2D eigenvalue weighted by Crippen LogP contribution is -2.35. The highest BCUT2D eigenvalue weighted by atomic mass is 35.5. The van der Waals surface area contributed by atoms with E-state index in [4.69, 9.17) is 16.6 Å². The summed E-state index contributed by atoms with van der Waals surface area (Å²) in [6.07, 6.45) is 2.82. The molecule has 4 nitrogen and oxygen atoms in total. The summed E-state index contributed by atoms with van der Waals surface area (Å²) >= 11 is 7.73. The monoisotopic (exact) mass is 397 g/mol. The van der Waals surface area contributed by atoms with Gasteiger partial charge in [-0.15, -0.1) is 11.8 Å². The molecule has 6 heteroatoms. The van der Waals surface area contributed by atoms with Crippen LogP contribution in [-0.2, 0) is 19.5 Å². The molecule has 1 N–H and O–H groups in total. The van der Waals surface area contributed by atoms with E-state index in [1.54, 1.807) is 11.8 Å². The summed E-state index contributed by atoms with van der Waals surface area (Å²) in [6, 6.07) is 15.8. The third kappa shape index (κ3) is 3.95. The van der Waals surface area contributed by atoms with Crippen LogP contribution in [0.25, 0.3) is 11.4 Å². The van der Waals surface area contributed by atoms with E-state index < -0.39 is 0 Å². The molecule has 0 atom stereocenters. The number of hydrogen-bond donors (Lipinski definition) is 1. The molecule has 0 saturated carbocycles. The van der Waals surface area contributed by atoms with Crippen molar-refractivity contribution in [2.75, 3.05) is 12.8 Å². The van der Waals surface area contributed by atoms with Gasteiger partial charge in [0.25, 0.3) is 5.56 Å². The second-order valence-corrected chi connectivity index (χ2v) is 7.90. The summed E-state index contributed by atoms with van der Waals surface area (Å²) in [7, 11) is 0. The van der Waals surface area contributed by atoms with Gasteiger partial charge in [-0.05, 0) is 48.6 Å². The number of nitrogens with zero attached hydrogens (tertiary/aromatic N) is 2. The third-order valence-electron chi connectivity index (χ3n) is 4.86. The van der Waals surface area contributed by atoms with E-state index in [0.29, 0.717) is 17.4 Å². The Morgan fingerprint density at radius 2 is 1.96 bits per heavy atom. The molecule has 0 aliphatic carbocycles. The number of H-pyrrole nitrogens is 1. The van der Waals surface area contributed by atoms with E-state index in [-0.39, 0.29) is 5.56 Å². The van der Waals surface area contributed by atoms with Crippen molar-refractivity contribution in [2.45, 2.75) is 24.4 Å². The predicted molar refractivity (Wildman–Crippen MR) is 111 cm³/mol. The first-order chi connectivity index (χ1) is 13.1. The molecule has 1 aliphatic heterocycles. The highest BCUT2D eigenvalue weighted by Crippen LogP contribution is 2.25. The second kappa shape index (κ2) is 7.89. The number of nitrogens with one attached hydrogen (secondary N) is 1. The molecule has 0 saturated heterocycles. The van der Waals surface area contributed by atoms with Crippen LogP contribution in [0.1, 0.15) is 16.8 Å². The average Bonchev–Trinajstić information content (AvgIpc) is 2.68. The first kappa shape index (κ1) is 18.3. The predicted octanol–water partition coefficient (Wildman–Crippen LogP) is 4.37. The van der Waals surface area contributed by atoms with E-state index in [2.05, 4.69) is 40.4 Å². The summed E-state index contributed by atoms with van der Waals surface area (Å²) in [4.78, 5) is 23.9. The molecular weight excluding hydrogens is 378 g/mol. The van der Waals surface area contributed by atoms with Gasteiger partial charge in [0.2, 0.25) is 0 Å². The van der Waals surface area contributed by atoms with Crippen LogP contribution >= 0.6 is 23.4 Å². The van der Waals surface area contributed by atoms with Crippen LogP contribution < -0.4 is 5.56 Å². The van der Waals surface area contributed by atoms with E-state index in [9.17, 15) is 4.79 Å². The van der Waals surface area contributed by atoms with Crippen molar-refractivity contribution < 1.29 is 0 Å². The second-order valence-electron chi connectivity index (χ2n) is 6.62. The molecule has 2 aromatic carbocycles. The summed E-state index contributed by atoms with van der Waals surface area (Å²) in [5.74, 6) is 0.599. The van der Waals surface area contributed by atoms with Gasteiger partial charge in [-0.3, -0.25) is 9.69 Å². The summed E-state index contributed by atoms with van der Waals surface area (Å²) in [5, 5.41) is 0.665. The summed E-state index contributed by atoms with van der Waals surface area (Å²) in [6.45, 7) is 2.41. The number of hydrogen-bond acceptors (Lipinski definition) is 4. The smallest absolute Gasteiger partial charge is 0.254 e. The minimum atomic E-state index is -0.0332. The minimum absolute atomic E-state index is 0.0332. The first-order valence-electron chi connectivity index (χ1n) is 8.86. The van der Waals surface area contributed by atoms with Crippen molar-refractivity contribution in [3.8, 4) is 11.4 Å². The topological polar surface area (TPSA) is 49.0 Å². The molecule has 27 heavy (non-hydrogen) atoms. The highest BCUT2D eigenvalue weighted by molar-refractivity contribution is 7.98. The third-order valence-corrected chi connectivity index (χ3v) is 5.95. The Morgan fingerprint density at radius 3 is 2.74 bits per heavy atom. The number of thioether (sulfide) groups is 1. The van der Waals surface area contributed by atoms with Gasteiger partial charge in [0.1, 0.15) is 5.82 Å². The molecule has 0 spiro atoms.